The number of carbonyl (C=O) groups excluding carboxylic acids is 1. The number of nitrogens with two attached hydrogens (primary N) is 1. The number of benzene rings is 2. The summed E-state index contributed by atoms with van der Waals surface area (Å²) < 4.78 is 11.7. The van der Waals surface area contributed by atoms with Gasteiger partial charge in [-0.1, -0.05) is 30.3 Å². The normalized spacial score (nSPS) is 11.8. The predicted molar refractivity (Wildman–Crippen MR) is 102 cm³/mol. The molecule has 0 heterocycles. The molecule has 5 nitrogen and oxygen atoms in total. The monoisotopic (exact) mass is 440 g/mol. The average molecular weight is 440 g/mol. The van der Waals surface area contributed by atoms with Crippen LogP contribution in [-0.2, 0) is 11.3 Å². The van der Waals surface area contributed by atoms with Crippen LogP contribution in [-0.4, -0.2) is 19.6 Å². The minimum absolute atomic E-state index is 0.172. The van der Waals surface area contributed by atoms with E-state index >= 15 is 0 Å². The highest BCUT2D eigenvalue weighted by molar-refractivity contribution is 14.1. The Balaban J connectivity index is 2.08. The van der Waals surface area contributed by atoms with Gasteiger partial charge in [0.1, 0.15) is 0 Å². The Morgan fingerprint density at radius 1 is 1.29 bits per heavy atom. The molecule has 0 aliphatic carbocycles. The van der Waals surface area contributed by atoms with Gasteiger partial charge in [-0.05, 0) is 52.8 Å². The maximum Gasteiger partial charge on any atom is 0.255 e. The molecule has 0 radical (unpaired) electrons. The average Bonchev–Trinajstić information content (AvgIpc) is 2.58. The van der Waals surface area contributed by atoms with E-state index in [0.717, 1.165) is 9.13 Å². The van der Waals surface area contributed by atoms with Crippen LogP contribution in [0, 0.1) is 3.57 Å². The third kappa shape index (κ3) is 5.10. The van der Waals surface area contributed by atoms with Crippen molar-refractivity contribution in [1.82, 2.24) is 5.32 Å². The first-order chi connectivity index (χ1) is 11.5. The minimum atomic E-state index is -0.518. The molecular weight excluding hydrogens is 419 g/mol. The van der Waals surface area contributed by atoms with Crippen LogP contribution in [0.5, 0.6) is 11.5 Å². The highest BCUT2D eigenvalue weighted by Gasteiger charge is 2.13. The Bertz CT molecular complexity index is 692. The molecule has 6 heteroatoms. The van der Waals surface area contributed by atoms with Gasteiger partial charge < -0.3 is 20.5 Å². The van der Waals surface area contributed by atoms with Gasteiger partial charge in [0, 0.05) is 12.6 Å². The van der Waals surface area contributed by atoms with Crippen LogP contribution in [0.1, 0.15) is 24.1 Å². The number of ether oxygens (including phenoxy) is 2. The quantitative estimate of drug-likeness (QED) is 0.620. The van der Waals surface area contributed by atoms with Crippen molar-refractivity contribution in [3.8, 4) is 11.5 Å². The standard InChI is InChI=1S/C18H21IN2O3/c1-12(14-6-4-3-5-7-14)21-10-13-8-15(19)18(16(9-13)23-2)24-11-17(20)22/h3-9,12,21H,10-11H2,1-2H3,(H2,20,22)/t12-/m1/s1. The maximum atomic E-state index is 10.9. The Kier molecular flexibility index (Phi) is 6.86. The summed E-state index contributed by atoms with van der Waals surface area (Å²) in [4.78, 5) is 10.9. The summed E-state index contributed by atoms with van der Waals surface area (Å²) in [7, 11) is 1.58. The Morgan fingerprint density at radius 3 is 2.62 bits per heavy atom. The summed E-state index contributed by atoms with van der Waals surface area (Å²) in [5, 5.41) is 3.49. The third-order valence-corrected chi connectivity index (χ3v) is 4.36. The lowest BCUT2D eigenvalue weighted by Crippen LogP contribution is -2.21. The summed E-state index contributed by atoms with van der Waals surface area (Å²) in [6, 6.07) is 14.4. The van der Waals surface area contributed by atoms with E-state index in [1.165, 1.54) is 5.56 Å². The highest BCUT2D eigenvalue weighted by atomic mass is 127. The van der Waals surface area contributed by atoms with Crippen molar-refractivity contribution in [1.29, 1.82) is 0 Å². The van der Waals surface area contributed by atoms with Crippen LogP contribution in [0.15, 0.2) is 42.5 Å². The van der Waals surface area contributed by atoms with Gasteiger partial charge in [-0.15, -0.1) is 0 Å². The molecule has 128 valence electrons. The van der Waals surface area contributed by atoms with E-state index < -0.39 is 5.91 Å². The zero-order valence-electron chi connectivity index (χ0n) is 13.7. The van der Waals surface area contributed by atoms with Gasteiger partial charge in [0.25, 0.3) is 5.91 Å². The summed E-state index contributed by atoms with van der Waals surface area (Å²) in [6.45, 7) is 2.65. The fourth-order valence-electron chi connectivity index (χ4n) is 2.29. The van der Waals surface area contributed by atoms with Gasteiger partial charge in [-0.3, -0.25) is 4.79 Å². The molecule has 2 rings (SSSR count). The first kappa shape index (κ1) is 18.5. The van der Waals surface area contributed by atoms with E-state index in [2.05, 4.69) is 47.0 Å². The molecule has 2 aromatic carbocycles. The van der Waals surface area contributed by atoms with Crippen molar-refractivity contribution >= 4 is 28.5 Å². The maximum absolute atomic E-state index is 10.9. The molecule has 0 aromatic heterocycles. The number of amides is 1. The second kappa shape index (κ2) is 8.89. The van der Waals surface area contributed by atoms with Crippen molar-refractivity contribution in [2.24, 2.45) is 5.73 Å². The van der Waals surface area contributed by atoms with Crippen molar-refractivity contribution < 1.29 is 14.3 Å². The van der Waals surface area contributed by atoms with E-state index in [-0.39, 0.29) is 12.6 Å². The number of rotatable bonds is 8. The molecule has 0 bridgehead atoms. The van der Waals surface area contributed by atoms with Crippen molar-refractivity contribution in [2.75, 3.05) is 13.7 Å². The number of hydrogen-bond acceptors (Lipinski definition) is 4. The molecule has 0 saturated carbocycles. The Morgan fingerprint density at radius 2 is 2.00 bits per heavy atom. The lowest BCUT2D eigenvalue weighted by atomic mass is 10.1. The largest absolute Gasteiger partial charge is 0.493 e. The fourth-order valence-corrected chi connectivity index (χ4v) is 3.11. The zero-order chi connectivity index (χ0) is 17.5. The van der Waals surface area contributed by atoms with Crippen molar-refractivity contribution in [3.05, 3.63) is 57.2 Å². The Hall–Kier alpha value is -1.80. The van der Waals surface area contributed by atoms with E-state index in [1.807, 2.05) is 30.3 Å². The van der Waals surface area contributed by atoms with E-state index in [1.54, 1.807) is 7.11 Å². The lowest BCUT2D eigenvalue weighted by Gasteiger charge is -2.17. The number of halogens is 1. The molecule has 0 saturated heterocycles. The molecule has 1 amide bonds. The molecule has 0 fully saturated rings. The summed E-state index contributed by atoms with van der Waals surface area (Å²) in [6.07, 6.45) is 0. The lowest BCUT2D eigenvalue weighted by molar-refractivity contribution is -0.119. The number of hydrogen-bond donors (Lipinski definition) is 2. The van der Waals surface area contributed by atoms with Gasteiger partial charge in [-0.2, -0.15) is 0 Å². The van der Waals surface area contributed by atoms with Gasteiger partial charge >= 0.3 is 0 Å². The summed E-state index contributed by atoms with van der Waals surface area (Å²) >= 11 is 2.17. The van der Waals surface area contributed by atoms with Crippen LogP contribution in [0.3, 0.4) is 0 Å². The van der Waals surface area contributed by atoms with Crippen LogP contribution in [0.25, 0.3) is 0 Å². The number of methoxy groups -OCH3 is 1. The fraction of sp³-hybridized carbons (Fsp3) is 0.278. The first-order valence-corrected chi connectivity index (χ1v) is 8.65. The first-order valence-electron chi connectivity index (χ1n) is 7.57. The third-order valence-electron chi connectivity index (χ3n) is 3.56. The number of primary amides is 1. The van der Waals surface area contributed by atoms with Crippen LogP contribution in [0.2, 0.25) is 0 Å². The van der Waals surface area contributed by atoms with Crippen molar-refractivity contribution in [2.45, 2.75) is 19.5 Å². The SMILES string of the molecule is COc1cc(CN[C@H](C)c2ccccc2)cc(I)c1OCC(N)=O. The van der Waals surface area contributed by atoms with Crippen LogP contribution in [0.4, 0.5) is 0 Å². The van der Waals surface area contributed by atoms with E-state index in [9.17, 15) is 4.79 Å². The topological polar surface area (TPSA) is 73.6 Å². The summed E-state index contributed by atoms with van der Waals surface area (Å²) in [5.41, 5.74) is 7.44. The molecule has 3 N–H and O–H groups in total. The second-order valence-corrected chi connectivity index (χ2v) is 6.54. The van der Waals surface area contributed by atoms with Gasteiger partial charge in [0.15, 0.2) is 18.1 Å². The van der Waals surface area contributed by atoms with Crippen LogP contribution >= 0.6 is 22.6 Å². The molecular formula is C18H21IN2O3. The molecule has 2 aromatic rings. The zero-order valence-corrected chi connectivity index (χ0v) is 15.9. The molecule has 24 heavy (non-hydrogen) atoms. The summed E-state index contributed by atoms with van der Waals surface area (Å²) in [5.74, 6) is 0.611. The van der Waals surface area contributed by atoms with Gasteiger partial charge in [0.2, 0.25) is 0 Å². The second-order valence-electron chi connectivity index (χ2n) is 5.38. The number of carbonyl (C=O) groups is 1. The smallest absolute Gasteiger partial charge is 0.255 e. The van der Waals surface area contributed by atoms with Gasteiger partial charge in [-0.25, -0.2) is 0 Å². The Labute approximate surface area is 155 Å². The molecule has 0 spiro atoms. The minimum Gasteiger partial charge on any atom is -0.493 e. The molecule has 1 atom stereocenters. The van der Waals surface area contributed by atoms with E-state index in [4.69, 9.17) is 15.2 Å². The van der Waals surface area contributed by atoms with Crippen LogP contribution < -0.4 is 20.5 Å². The van der Waals surface area contributed by atoms with Gasteiger partial charge in [0.05, 0.1) is 10.7 Å². The molecule has 0 unspecified atom stereocenters. The molecule has 0 aliphatic rings. The highest BCUT2D eigenvalue weighted by Crippen LogP contribution is 2.34. The van der Waals surface area contributed by atoms with Crippen molar-refractivity contribution in [3.63, 3.8) is 0 Å². The number of nitrogens with one attached hydrogen (secondary N) is 1. The van der Waals surface area contributed by atoms with E-state index in [0.29, 0.717) is 18.0 Å². The molecule has 0 aliphatic heterocycles. The predicted octanol–water partition coefficient (Wildman–Crippen LogP) is 3.01.